The fraction of sp³-hybridized carbons (Fsp3) is 0.421. The van der Waals surface area contributed by atoms with Gasteiger partial charge in [0.2, 0.25) is 5.89 Å². The largest absolute Gasteiger partial charge is 0.338 e. The molecule has 0 bridgehead atoms. The SMILES string of the molecule is Cc1ccc(-n2ccnc2SC(C)c2nc(C(C)(C)C)no2)c(C)c1. The molecule has 1 aromatic carbocycles. The predicted octanol–water partition coefficient (Wildman–Crippen LogP) is 5.02. The molecule has 0 aliphatic heterocycles. The molecule has 3 rings (SSSR count). The van der Waals surface area contributed by atoms with E-state index in [1.165, 1.54) is 11.1 Å². The van der Waals surface area contributed by atoms with Crippen molar-refractivity contribution in [2.45, 2.75) is 57.4 Å². The molecule has 6 heteroatoms. The van der Waals surface area contributed by atoms with Gasteiger partial charge in [0.1, 0.15) is 0 Å². The molecule has 132 valence electrons. The molecular weight excluding hydrogens is 332 g/mol. The number of thioether (sulfide) groups is 1. The number of imidazole rings is 1. The van der Waals surface area contributed by atoms with Crippen molar-refractivity contribution < 1.29 is 4.52 Å². The average Bonchev–Trinajstić information content (AvgIpc) is 3.16. The Labute approximate surface area is 152 Å². The summed E-state index contributed by atoms with van der Waals surface area (Å²) in [4.78, 5) is 9.07. The van der Waals surface area contributed by atoms with Gasteiger partial charge in [0.15, 0.2) is 11.0 Å². The molecule has 0 saturated carbocycles. The maximum absolute atomic E-state index is 5.47. The fourth-order valence-electron chi connectivity index (χ4n) is 2.55. The number of aromatic nitrogens is 4. The summed E-state index contributed by atoms with van der Waals surface area (Å²) in [5.74, 6) is 1.36. The van der Waals surface area contributed by atoms with Crippen LogP contribution < -0.4 is 0 Å². The number of hydrogen-bond donors (Lipinski definition) is 0. The summed E-state index contributed by atoms with van der Waals surface area (Å²) >= 11 is 1.62. The summed E-state index contributed by atoms with van der Waals surface area (Å²) < 4.78 is 7.58. The second kappa shape index (κ2) is 6.67. The quantitative estimate of drug-likeness (QED) is 0.614. The molecule has 5 nitrogen and oxygen atoms in total. The van der Waals surface area contributed by atoms with Crippen LogP contribution in [0.15, 0.2) is 40.3 Å². The number of hydrogen-bond acceptors (Lipinski definition) is 5. The molecule has 0 aliphatic rings. The lowest BCUT2D eigenvalue weighted by atomic mass is 9.96. The van der Waals surface area contributed by atoms with E-state index in [2.05, 4.69) is 79.4 Å². The molecule has 1 unspecified atom stereocenters. The van der Waals surface area contributed by atoms with Crippen LogP contribution in [0.2, 0.25) is 0 Å². The normalized spacial score (nSPS) is 13.2. The number of nitrogens with zero attached hydrogens (tertiary/aromatic N) is 4. The molecule has 0 fully saturated rings. The van der Waals surface area contributed by atoms with Crippen molar-refractivity contribution in [1.82, 2.24) is 19.7 Å². The Balaban J connectivity index is 1.85. The van der Waals surface area contributed by atoms with Crippen LogP contribution in [0.3, 0.4) is 0 Å². The van der Waals surface area contributed by atoms with Crippen LogP contribution in [-0.2, 0) is 5.41 Å². The van der Waals surface area contributed by atoms with E-state index in [0.717, 1.165) is 16.7 Å². The first kappa shape index (κ1) is 17.7. The van der Waals surface area contributed by atoms with E-state index in [0.29, 0.717) is 5.89 Å². The number of aryl methyl sites for hydroxylation is 2. The number of benzene rings is 1. The lowest BCUT2D eigenvalue weighted by Crippen LogP contribution is -2.13. The molecule has 0 aliphatic carbocycles. The Bertz CT molecular complexity index is 876. The summed E-state index contributed by atoms with van der Waals surface area (Å²) in [7, 11) is 0. The molecule has 25 heavy (non-hydrogen) atoms. The van der Waals surface area contributed by atoms with Crippen LogP contribution in [0, 0.1) is 13.8 Å². The van der Waals surface area contributed by atoms with Crippen LogP contribution in [0.25, 0.3) is 5.69 Å². The van der Waals surface area contributed by atoms with Gasteiger partial charge < -0.3 is 4.52 Å². The van der Waals surface area contributed by atoms with E-state index in [1.807, 2.05) is 12.4 Å². The first-order valence-electron chi connectivity index (χ1n) is 8.37. The molecule has 1 atom stereocenters. The third-order valence-electron chi connectivity index (χ3n) is 3.96. The minimum atomic E-state index is -0.121. The van der Waals surface area contributed by atoms with Crippen molar-refractivity contribution in [2.75, 3.05) is 0 Å². The lowest BCUT2D eigenvalue weighted by molar-refractivity contribution is 0.364. The minimum absolute atomic E-state index is 0.0236. The molecule has 2 heterocycles. The second-order valence-corrected chi connectivity index (χ2v) is 8.64. The molecule has 0 amide bonds. The maximum atomic E-state index is 5.47. The second-order valence-electron chi connectivity index (χ2n) is 7.34. The van der Waals surface area contributed by atoms with Crippen LogP contribution in [0.1, 0.15) is 55.8 Å². The maximum Gasteiger partial charge on any atom is 0.239 e. The van der Waals surface area contributed by atoms with Crippen molar-refractivity contribution in [2.24, 2.45) is 0 Å². The van der Waals surface area contributed by atoms with Crippen molar-refractivity contribution in [3.63, 3.8) is 0 Å². The molecule has 0 saturated heterocycles. The molecule has 3 aromatic rings. The average molecular weight is 356 g/mol. The summed E-state index contributed by atoms with van der Waals surface area (Å²) in [6.45, 7) is 12.5. The van der Waals surface area contributed by atoms with Gasteiger partial charge in [-0.25, -0.2) is 4.98 Å². The van der Waals surface area contributed by atoms with Gasteiger partial charge in [0.05, 0.1) is 10.9 Å². The monoisotopic (exact) mass is 356 g/mol. The molecule has 0 N–H and O–H groups in total. The third-order valence-corrected chi connectivity index (χ3v) is 5.03. The summed E-state index contributed by atoms with van der Waals surface area (Å²) in [5.41, 5.74) is 3.49. The van der Waals surface area contributed by atoms with E-state index in [4.69, 9.17) is 4.52 Å². The number of rotatable bonds is 4. The molecule has 0 spiro atoms. The zero-order valence-electron chi connectivity index (χ0n) is 15.6. The molecular formula is C19H24N4OS. The van der Waals surface area contributed by atoms with Crippen LogP contribution in [0.5, 0.6) is 0 Å². The van der Waals surface area contributed by atoms with Crippen molar-refractivity contribution in [3.8, 4) is 5.69 Å². The Morgan fingerprint density at radius 2 is 1.96 bits per heavy atom. The van der Waals surface area contributed by atoms with Gasteiger partial charge in [0.25, 0.3) is 0 Å². The highest BCUT2D eigenvalue weighted by molar-refractivity contribution is 7.99. The lowest BCUT2D eigenvalue weighted by Gasteiger charge is -2.13. The van der Waals surface area contributed by atoms with Gasteiger partial charge in [-0.3, -0.25) is 4.57 Å². The third kappa shape index (κ3) is 3.79. The summed E-state index contributed by atoms with van der Waals surface area (Å²) in [6.07, 6.45) is 3.81. The van der Waals surface area contributed by atoms with Crippen molar-refractivity contribution >= 4 is 11.8 Å². The van der Waals surface area contributed by atoms with E-state index >= 15 is 0 Å². The fourth-order valence-corrected chi connectivity index (χ4v) is 3.46. The van der Waals surface area contributed by atoms with Gasteiger partial charge in [-0.2, -0.15) is 4.98 Å². The smallest absolute Gasteiger partial charge is 0.239 e. The zero-order chi connectivity index (χ0) is 18.2. The van der Waals surface area contributed by atoms with Gasteiger partial charge in [0, 0.05) is 17.8 Å². The molecule has 0 radical (unpaired) electrons. The van der Waals surface area contributed by atoms with E-state index in [1.54, 1.807) is 11.8 Å². The standard InChI is InChI=1S/C19H24N4OS/c1-12-7-8-15(13(2)11-12)23-10-9-20-18(23)25-14(3)16-21-17(22-24-16)19(4,5)6/h7-11,14H,1-6H3. The summed E-state index contributed by atoms with van der Waals surface area (Å²) in [6, 6.07) is 6.43. The van der Waals surface area contributed by atoms with Gasteiger partial charge in [-0.15, -0.1) is 0 Å². The first-order valence-corrected chi connectivity index (χ1v) is 9.25. The topological polar surface area (TPSA) is 56.7 Å². The highest BCUT2D eigenvalue weighted by Crippen LogP contribution is 2.35. The van der Waals surface area contributed by atoms with Crippen molar-refractivity contribution in [3.05, 3.63) is 53.4 Å². The Kier molecular flexibility index (Phi) is 4.73. The summed E-state index contributed by atoms with van der Waals surface area (Å²) in [5, 5.41) is 5.05. The Morgan fingerprint density at radius 3 is 2.60 bits per heavy atom. The van der Waals surface area contributed by atoms with Crippen LogP contribution in [0.4, 0.5) is 0 Å². The van der Waals surface area contributed by atoms with Crippen LogP contribution >= 0.6 is 11.8 Å². The van der Waals surface area contributed by atoms with Crippen molar-refractivity contribution in [1.29, 1.82) is 0 Å². The zero-order valence-corrected chi connectivity index (χ0v) is 16.4. The first-order chi connectivity index (χ1) is 11.8. The van der Waals surface area contributed by atoms with E-state index in [9.17, 15) is 0 Å². The molecule has 2 aromatic heterocycles. The van der Waals surface area contributed by atoms with Gasteiger partial charge >= 0.3 is 0 Å². The highest BCUT2D eigenvalue weighted by atomic mass is 32.2. The Morgan fingerprint density at radius 1 is 1.20 bits per heavy atom. The van der Waals surface area contributed by atoms with E-state index < -0.39 is 0 Å². The van der Waals surface area contributed by atoms with Crippen LogP contribution in [-0.4, -0.2) is 19.7 Å². The highest BCUT2D eigenvalue weighted by Gasteiger charge is 2.24. The van der Waals surface area contributed by atoms with Gasteiger partial charge in [-0.1, -0.05) is 55.4 Å². The van der Waals surface area contributed by atoms with E-state index in [-0.39, 0.29) is 10.7 Å². The predicted molar refractivity (Wildman–Crippen MR) is 100 cm³/mol. The minimum Gasteiger partial charge on any atom is -0.338 e. The Hall–Kier alpha value is -2.08. The van der Waals surface area contributed by atoms with Gasteiger partial charge in [-0.05, 0) is 32.4 Å².